The molecule has 2 heterocycles. The van der Waals surface area contributed by atoms with Gasteiger partial charge in [-0.1, -0.05) is 60.1 Å². The number of aromatic nitrogens is 1. The van der Waals surface area contributed by atoms with Crippen molar-refractivity contribution in [2.24, 2.45) is 0 Å². The summed E-state index contributed by atoms with van der Waals surface area (Å²) >= 11 is 6.34. The molecule has 162 valence electrons. The normalized spacial score (nSPS) is 16.0. The molecule has 0 N–H and O–H groups in total. The van der Waals surface area contributed by atoms with E-state index in [0.29, 0.717) is 24.3 Å². The zero-order valence-corrected chi connectivity index (χ0v) is 18.3. The van der Waals surface area contributed by atoms with Gasteiger partial charge in [0.15, 0.2) is 0 Å². The van der Waals surface area contributed by atoms with Gasteiger partial charge < -0.3 is 9.80 Å². The second-order valence-electron chi connectivity index (χ2n) is 7.71. The molecule has 1 aliphatic rings. The Bertz CT molecular complexity index is 1150. The number of piperazine rings is 1. The Hall–Kier alpha value is -3.51. The summed E-state index contributed by atoms with van der Waals surface area (Å²) in [6, 6.07) is 19.8. The highest BCUT2D eigenvalue weighted by Crippen LogP contribution is 2.24. The first-order chi connectivity index (χ1) is 15.5. The van der Waals surface area contributed by atoms with Crippen LogP contribution in [0.1, 0.15) is 27.6 Å². The highest BCUT2D eigenvalue weighted by Gasteiger charge is 2.34. The van der Waals surface area contributed by atoms with Crippen LogP contribution in [0.4, 0.5) is 0 Å². The van der Waals surface area contributed by atoms with Crippen molar-refractivity contribution in [2.45, 2.75) is 13.0 Å². The van der Waals surface area contributed by atoms with Crippen LogP contribution in [-0.2, 0) is 4.79 Å². The fourth-order valence-corrected chi connectivity index (χ4v) is 4.06. The molecule has 2 amide bonds. The first-order valence-corrected chi connectivity index (χ1v) is 10.7. The number of benzene rings is 2. The van der Waals surface area contributed by atoms with Gasteiger partial charge in [0.2, 0.25) is 0 Å². The summed E-state index contributed by atoms with van der Waals surface area (Å²) in [6.07, 6.45) is 1.35. The lowest BCUT2D eigenvalue weighted by molar-refractivity contribution is -0.130. The number of nitrogens with zero attached hydrogens (tertiary/aromatic N) is 3. The van der Waals surface area contributed by atoms with Crippen molar-refractivity contribution in [1.82, 2.24) is 14.8 Å². The number of pyridine rings is 1. The highest BCUT2D eigenvalue weighted by atomic mass is 35.5. The van der Waals surface area contributed by atoms with Gasteiger partial charge in [-0.05, 0) is 25.1 Å². The minimum absolute atomic E-state index is 0.0753. The van der Waals surface area contributed by atoms with Crippen LogP contribution in [0.15, 0.2) is 72.9 Å². The van der Waals surface area contributed by atoms with Crippen LogP contribution in [-0.4, -0.2) is 58.1 Å². The first kappa shape index (κ1) is 21.7. The van der Waals surface area contributed by atoms with Gasteiger partial charge in [0, 0.05) is 43.0 Å². The summed E-state index contributed by atoms with van der Waals surface area (Å²) in [6.45, 7) is 2.81. The maximum atomic E-state index is 12.9. The summed E-state index contributed by atoms with van der Waals surface area (Å²) in [5, 5.41) is 0.183. The molecule has 32 heavy (non-hydrogen) atoms. The minimum Gasteiger partial charge on any atom is -0.335 e. The molecule has 0 unspecified atom stereocenters. The van der Waals surface area contributed by atoms with Crippen LogP contribution in [0, 0.1) is 0 Å². The van der Waals surface area contributed by atoms with Gasteiger partial charge in [0.05, 0.1) is 16.3 Å². The number of amides is 2. The third-order valence-electron chi connectivity index (χ3n) is 5.56. The number of carbonyl (C=O) groups excluding carboxylic acids is 3. The van der Waals surface area contributed by atoms with Crippen molar-refractivity contribution in [3.05, 3.63) is 89.1 Å². The molecule has 0 bridgehead atoms. The van der Waals surface area contributed by atoms with Gasteiger partial charge in [-0.25, -0.2) is 0 Å². The van der Waals surface area contributed by atoms with E-state index in [2.05, 4.69) is 4.98 Å². The maximum absolute atomic E-state index is 12.9. The molecule has 0 saturated carbocycles. The maximum Gasteiger partial charge on any atom is 0.295 e. The average Bonchev–Trinajstić information content (AvgIpc) is 2.83. The zero-order chi connectivity index (χ0) is 22.7. The van der Waals surface area contributed by atoms with E-state index in [1.54, 1.807) is 23.1 Å². The molecule has 0 aliphatic carbocycles. The molecule has 6 nitrogen and oxygen atoms in total. The molecule has 0 spiro atoms. The lowest BCUT2D eigenvalue weighted by Crippen LogP contribution is -2.56. The van der Waals surface area contributed by atoms with Gasteiger partial charge in [-0.3, -0.25) is 19.4 Å². The largest absolute Gasteiger partial charge is 0.335 e. The van der Waals surface area contributed by atoms with E-state index in [1.165, 1.54) is 11.1 Å². The average molecular weight is 448 g/mol. The molecule has 2 aromatic carbocycles. The third kappa shape index (κ3) is 4.41. The van der Waals surface area contributed by atoms with Crippen molar-refractivity contribution in [2.75, 3.05) is 19.6 Å². The van der Waals surface area contributed by atoms with Crippen LogP contribution in [0.5, 0.6) is 0 Å². The van der Waals surface area contributed by atoms with Gasteiger partial charge in [0.1, 0.15) is 0 Å². The predicted molar refractivity (Wildman–Crippen MR) is 123 cm³/mol. The summed E-state index contributed by atoms with van der Waals surface area (Å²) in [5.74, 6) is -1.42. The Morgan fingerprint density at radius 1 is 0.969 bits per heavy atom. The summed E-state index contributed by atoms with van der Waals surface area (Å²) in [5.41, 5.74) is 2.17. The van der Waals surface area contributed by atoms with E-state index in [4.69, 9.17) is 11.6 Å². The number of rotatable bonds is 4. The number of carbonyl (C=O) groups is 3. The van der Waals surface area contributed by atoms with Gasteiger partial charge in [-0.2, -0.15) is 0 Å². The number of ketones is 1. The molecule has 4 rings (SSSR count). The van der Waals surface area contributed by atoms with Crippen LogP contribution in [0.25, 0.3) is 11.3 Å². The fraction of sp³-hybridized carbons (Fsp3) is 0.200. The summed E-state index contributed by atoms with van der Waals surface area (Å²) < 4.78 is 0. The number of hydrogen-bond donors (Lipinski definition) is 0. The van der Waals surface area contributed by atoms with Crippen LogP contribution < -0.4 is 0 Å². The lowest BCUT2D eigenvalue weighted by Gasteiger charge is -2.39. The monoisotopic (exact) mass is 447 g/mol. The lowest BCUT2D eigenvalue weighted by atomic mass is 10.1. The van der Waals surface area contributed by atoms with E-state index in [9.17, 15) is 14.4 Å². The Morgan fingerprint density at radius 2 is 1.62 bits per heavy atom. The molecule has 1 aromatic heterocycles. The summed E-state index contributed by atoms with van der Waals surface area (Å²) in [4.78, 5) is 46.1. The molecule has 1 aliphatic heterocycles. The molecule has 7 heteroatoms. The van der Waals surface area contributed by atoms with E-state index in [1.807, 2.05) is 55.5 Å². The molecule has 3 aromatic rings. The SMILES string of the molecule is C[C@@H]1CN(C(=O)c2ccccc2)CCN1C(=O)C(=O)c1cnc(-c2ccccc2)cc1Cl. The van der Waals surface area contributed by atoms with Crippen molar-refractivity contribution in [3.63, 3.8) is 0 Å². The van der Waals surface area contributed by atoms with Crippen molar-refractivity contribution in [3.8, 4) is 11.3 Å². The second-order valence-corrected chi connectivity index (χ2v) is 8.12. The van der Waals surface area contributed by atoms with Gasteiger partial charge >= 0.3 is 0 Å². The van der Waals surface area contributed by atoms with E-state index in [0.717, 1.165) is 5.56 Å². The Kier molecular flexibility index (Phi) is 6.32. The Balaban J connectivity index is 1.45. The van der Waals surface area contributed by atoms with E-state index >= 15 is 0 Å². The second kappa shape index (κ2) is 9.32. The summed E-state index contributed by atoms with van der Waals surface area (Å²) in [7, 11) is 0. The van der Waals surface area contributed by atoms with Gasteiger partial charge in [-0.15, -0.1) is 0 Å². The Labute approximate surface area is 191 Å². The molecule has 0 radical (unpaired) electrons. The smallest absolute Gasteiger partial charge is 0.295 e. The van der Waals surface area contributed by atoms with Crippen LogP contribution in [0.2, 0.25) is 5.02 Å². The molecular weight excluding hydrogens is 426 g/mol. The molecule has 1 fully saturated rings. The van der Waals surface area contributed by atoms with E-state index < -0.39 is 11.7 Å². The predicted octanol–water partition coefficient (Wildman–Crippen LogP) is 3.96. The highest BCUT2D eigenvalue weighted by molar-refractivity contribution is 6.47. The third-order valence-corrected chi connectivity index (χ3v) is 5.87. The van der Waals surface area contributed by atoms with Crippen molar-refractivity contribution < 1.29 is 14.4 Å². The van der Waals surface area contributed by atoms with Crippen molar-refractivity contribution in [1.29, 1.82) is 0 Å². The minimum atomic E-state index is -0.697. The van der Waals surface area contributed by atoms with E-state index in [-0.39, 0.29) is 29.1 Å². The number of halogens is 1. The zero-order valence-electron chi connectivity index (χ0n) is 17.6. The standard InChI is InChI=1S/C25H22ClN3O3/c1-17-16-28(24(31)19-10-6-3-7-11-19)12-13-29(17)25(32)23(30)20-15-27-22(14-21(20)26)18-8-4-2-5-9-18/h2-11,14-15,17H,12-13,16H2,1H3/t17-/m1/s1. The van der Waals surface area contributed by atoms with Crippen LogP contribution >= 0.6 is 11.6 Å². The Morgan fingerprint density at radius 3 is 2.25 bits per heavy atom. The topological polar surface area (TPSA) is 70.6 Å². The molecule has 1 atom stereocenters. The first-order valence-electron chi connectivity index (χ1n) is 10.4. The quantitative estimate of drug-likeness (QED) is 0.448. The molecule has 1 saturated heterocycles. The molecular formula is C25H22ClN3O3. The van der Waals surface area contributed by atoms with Crippen molar-refractivity contribution >= 4 is 29.2 Å². The van der Waals surface area contributed by atoms with Crippen LogP contribution in [0.3, 0.4) is 0 Å². The fourth-order valence-electron chi connectivity index (χ4n) is 3.82. The number of Topliss-reactive ketones (excluding diaryl/α,β-unsaturated/α-hetero) is 1. The number of hydrogen-bond acceptors (Lipinski definition) is 4. The van der Waals surface area contributed by atoms with Gasteiger partial charge in [0.25, 0.3) is 17.6 Å².